The van der Waals surface area contributed by atoms with Crippen molar-refractivity contribution in [2.24, 2.45) is 0 Å². The van der Waals surface area contributed by atoms with Gasteiger partial charge in [-0.25, -0.2) is 0 Å². The van der Waals surface area contributed by atoms with Crippen LogP contribution in [0.3, 0.4) is 0 Å². The van der Waals surface area contributed by atoms with Crippen molar-refractivity contribution in [3.63, 3.8) is 0 Å². The second kappa shape index (κ2) is 8.41. The minimum absolute atomic E-state index is 0.193. The lowest BCUT2D eigenvalue weighted by molar-refractivity contribution is -0.133. The zero-order valence-corrected chi connectivity index (χ0v) is 14.2. The van der Waals surface area contributed by atoms with E-state index in [1.165, 1.54) is 5.56 Å². The molecule has 0 radical (unpaired) electrons. The Balaban J connectivity index is 1.51. The third-order valence-corrected chi connectivity index (χ3v) is 4.62. The summed E-state index contributed by atoms with van der Waals surface area (Å²) in [6.45, 7) is 2.77. The maximum atomic E-state index is 12.4. The van der Waals surface area contributed by atoms with Gasteiger partial charge in [0.05, 0.1) is 6.07 Å². The number of nitrogens with zero attached hydrogens (tertiary/aromatic N) is 4. The lowest BCUT2D eigenvalue weighted by Gasteiger charge is -2.37. The van der Waals surface area contributed by atoms with Crippen molar-refractivity contribution in [3.05, 3.63) is 66.0 Å². The highest BCUT2D eigenvalue weighted by atomic mass is 16.2. The number of amides is 1. The number of nitriles is 1. The average molecular weight is 334 g/mol. The van der Waals surface area contributed by atoms with Gasteiger partial charge in [-0.05, 0) is 18.1 Å². The molecule has 1 aliphatic heterocycles. The topological polar surface area (TPSA) is 60.2 Å². The minimum atomic E-state index is -0.296. The molecule has 1 saturated heterocycles. The molecule has 0 spiro atoms. The molecule has 0 saturated carbocycles. The number of aryl methyl sites for hydroxylation is 1. The molecule has 1 aromatic carbocycles. The summed E-state index contributed by atoms with van der Waals surface area (Å²) in [5.41, 5.74) is 2.10. The summed E-state index contributed by atoms with van der Waals surface area (Å²) in [5.74, 6) is 0.193. The van der Waals surface area contributed by atoms with Gasteiger partial charge in [-0.2, -0.15) is 5.26 Å². The highest BCUT2D eigenvalue weighted by Gasteiger charge is 2.26. The maximum Gasteiger partial charge on any atom is 0.222 e. The van der Waals surface area contributed by atoms with Crippen LogP contribution in [-0.4, -0.2) is 46.9 Å². The van der Waals surface area contributed by atoms with Crippen molar-refractivity contribution in [2.45, 2.75) is 18.9 Å². The Bertz CT molecular complexity index is 718. The van der Waals surface area contributed by atoms with E-state index in [2.05, 4.69) is 28.1 Å². The standard InChI is InChI=1S/C20H22N4O/c21-15-19(18-7-4-10-22-16-18)23-11-13-24(14-12-23)20(25)9-8-17-5-2-1-3-6-17/h1-7,10,16,19H,8-9,11-14H2/t19-/m0/s1. The van der Waals surface area contributed by atoms with Crippen molar-refractivity contribution in [2.75, 3.05) is 26.2 Å². The van der Waals surface area contributed by atoms with Gasteiger partial charge in [-0.3, -0.25) is 14.7 Å². The SMILES string of the molecule is N#C[C@@H](c1cccnc1)N1CCN(C(=O)CCc2ccccc2)CC1. The van der Waals surface area contributed by atoms with E-state index in [-0.39, 0.29) is 11.9 Å². The first-order chi connectivity index (χ1) is 12.3. The van der Waals surface area contributed by atoms with E-state index in [1.54, 1.807) is 12.4 Å². The van der Waals surface area contributed by atoms with Crippen LogP contribution >= 0.6 is 0 Å². The molecular formula is C20H22N4O. The van der Waals surface area contributed by atoms with Crippen molar-refractivity contribution < 1.29 is 4.79 Å². The fourth-order valence-electron chi connectivity index (χ4n) is 3.19. The molecule has 1 aromatic heterocycles. The van der Waals surface area contributed by atoms with E-state index in [0.29, 0.717) is 32.6 Å². The van der Waals surface area contributed by atoms with Gasteiger partial charge >= 0.3 is 0 Å². The Morgan fingerprint density at radius 2 is 1.88 bits per heavy atom. The first-order valence-corrected chi connectivity index (χ1v) is 8.63. The van der Waals surface area contributed by atoms with Gasteiger partial charge in [0.2, 0.25) is 5.91 Å². The fraction of sp³-hybridized carbons (Fsp3) is 0.350. The quantitative estimate of drug-likeness (QED) is 0.842. The number of pyridine rings is 1. The summed E-state index contributed by atoms with van der Waals surface area (Å²) >= 11 is 0. The lowest BCUT2D eigenvalue weighted by atomic mass is 10.1. The fourth-order valence-corrected chi connectivity index (χ4v) is 3.19. The van der Waals surface area contributed by atoms with E-state index in [4.69, 9.17) is 0 Å². The van der Waals surface area contributed by atoms with Gasteiger partial charge in [0.25, 0.3) is 0 Å². The molecule has 0 bridgehead atoms. The summed E-state index contributed by atoms with van der Waals surface area (Å²) in [5, 5.41) is 9.52. The van der Waals surface area contributed by atoms with Crippen LogP contribution in [0.5, 0.6) is 0 Å². The highest BCUT2D eigenvalue weighted by Crippen LogP contribution is 2.21. The van der Waals surface area contributed by atoms with E-state index in [0.717, 1.165) is 12.0 Å². The highest BCUT2D eigenvalue weighted by molar-refractivity contribution is 5.76. The molecule has 1 aliphatic rings. The van der Waals surface area contributed by atoms with Gasteiger partial charge in [0.15, 0.2) is 0 Å². The second-order valence-corrected chi connectivity index (χ2v) is 6.22. The van der Waals surface area contributed by atoms with Gasteiger partial charge in [-0.15, -0.1) is 0 Å². The van der Waals surface area contributed by atoms with Gasteiger partial charge in [0, 0.05) is 50.6 Å². The Morgan fingerprint density at radius 1 is 1.12 bits per heavy atom. The third-order valence-electron chi connectivity index (χ3n) is 4.62. The summed E-state index contributed by atoms with van der Waals surface area (Å²) in [4.78, 5) is 20.6. The predicted octanol–water partition coefficient (Wildman–Crippen LogP) is 2.42. The number of rotatable bonds is 5. The number of carbonyl (C=O) groups excluding carboxylic acids is 1. The van der Waals surface area contributed by atoms with Crippen molar-refractivity contribution in [1.29, 1.82) is 5.26 Å². The van der Waals surface area contributed by atoms with Crippen LogP contribution in [0.15, 0.2) is 54.9 Å². The van der Waals surface area contributed by atoms with Gasteiger partial charge in [0.1, 0.15) is 6.04 Å². The number of piperazine rings is 1. The maximum absolute atomic E-state index is 12.4. The Hall–Kier alpha value is -2.71. The van der Waals surface area contributed by atoms with Crippen molar-refractivity contribution in [3.8, 4) is 6.07 Å². The van der Waals surface area contributed by atoms with E-state index in [1.807, 2.05) is 35.2 Å². The third kappa shape index (κ3) is 4.43. The van der Waals surface area contributed by atoms with Crippen LogP contribution in [0.1, 0.15) is 23.6 Å². The average Bonchev–Trinajstić information content (AvgIpc) is 2.69. The van der Waals surface area contributed by atoms with E-state index in [9.17, 15) is 10.1 Å². The second-order valence-electron chi connectivity index (χ2n) is 6.22. The Kier molecular flexibility index (Phi) is 5.76. The molecule has 1 amide bonds. The lowest BCUT2D eigenvalue weighted by Crippen LogP contribution is -2.49. The van der Waals surface area contributed by atoms with Crippen LogP contribution in [0.4, 0.5) is 0 Å². The molecule has 3 rings (SSSR count). The molecule has 0 unspecified atom stereocenters. The van der Waals surface area contributed by atoms with Crippen LogP contribution in [0, 0.1) is 11.3 Å². The smallest absolute Gasteiger partial charge is 0.222 e. The van der Waals surface area contributed by atoms with Crippen LogP contribution < -0.4 is 0 Å². The molecule has 25 heavy (non-hydrogen) atoms. The zero-order chi connectivity index (χ0) is 17.5. The molecule has 1 atom stereocenters. The molecule has 128 valence electrons. The summed E-state index contributed by atoms with van der Waals surface area (Å²) in [7, 11) is 0. The first-order valence-electron chi connectivity index (χ1n) is 8.63. The van der Waals surface area contributed by atoms with Crippen LogP contribution in [0.2, 0.25) is 0 Å². The number of benzene rings is 1. The zero-order valence-electron chi connectivity index (χ0n) is 14.2. The Labute approximate surface area is 148 Å². The molecule has 2 heterocycles. The van der Waals surface area contributed by atoms with Crippen molar-refractivity contribution >= 4 is 5.91 Å². The number of hydrogen-bond donors (Lipinski definition) is 0. The molecule has 0 N–H and O–H groups in total. The van der Waals surface area contributed by atoms with Crippen LogP contribution in [0.25, 0.3) is 0 Å². The Morgan fingerprint density at radius 3 is 2.52 bits per heavy atom. The number of hydrogen-bond acceptors (Lipinski definition) is 4. The summed E-state index contributed by atoms with van der Waals surface area (Å²) in [6, 6.07) is 15.9. The first kappa shape index (κ1) is 17.1. The monoisotopic (exact) mass is 334 g/mol. The van der Waals surface area contributed by atoms with Gasteiger partial charge < -0.3 is 4.90 Å². The summed E-state index contributed by atoms with van der Waals surface area (Å²) in [6.07, 6.45) is 4.76. The minimum Gasteiger partial charge on any atom is -0.340 e. The molecular weight excluding hydrogens is 312 g/mol. The molecule has 5 nitrogen and oxygen atoms in total. The molecule has 1 fully saturated rings. The summed E-state index contributed by atoms with van der Waals surface area (Å²) < 4.78 is 0. The van der Waals surface area contributed by atoms with Gasteiger partial charge in [-0.1, -0.05) is 36.4 Å². The number of aromatic nitrogens is 1. The molecule has 5 heteroatoms. The van der Waals surface area contributed by atoms with E-state index >= 15 is 0 Å². The largest absolute Gasteiger partial charge is 0.340 e. The number of carbonyl (C=O) groups is 1. The van der Waals surface area contributed by atoms with Crippen molar-refractivity contribution in [1.82, 2.24) is 14.8 Å². The normalized spacial score (nSPS) is 16.2. The van der Waals surface area contributed by atoms with Crippen LogP contribution in [-0.2, 0) is 11.2 Å². The molecule has 0 aliphatic carbocycles. The molecule has 2 aromatic rings. The predicted molar refractivity (Wildman–Crippen MR) is 95.5 cm³/mol. The van der Waals surface area contributed by atoms with E-state index < -0.39 is 0 Å².